The fourth-order valence-corrected chi connectivity index (χ4v) is 3.29. The lowest BCUT2D eigenvalue weighted by molar-refractivity contribution is -0.0846. The van der Waals surface area contributed by atoms with Crippen molar-refractivity contribution >= 4 is 15.7 Å². The molecular weight excluding hydrogens is 292 g/mol. The first-order valence-corrected chi connectivity index (χ1v) is 8.63. The number of ether oxygens (including phenoxy) is 2. The summed E-state index contributed by atoms with van der Waals surface area (Å²) in [7, 11) is -3.57. The van der Waals surface area contributed by atoms with Crippen LogP contribution in [0.3, 0.4) is 0 Å². The first kappa shape index (κ1) is 16.2. The summed E-state index contributed by atoms with van der Waals surface area (Å²) >= 11 is 0. The van der Waals surface area contributed by atoms with Crippen LogP contribution in [0.5, 0.6) is 0 Å². The molecule has 0 saturated carbocycles. The van der Waals surface area contributed by atoms with Gasteiger partial charge in [-0.05, 0) is 18.6 Å². The first-order chi connectivity index (χ1) is 10.1. The highest BCUT2D eigenvalue weighted by molar-refractivity contribution is 7.89. The monoisotopic (exact) mass is 314 g/mol. The summed E-state index contributed by atoms with van der Waals surface area (Å²) in [6.45, 7) is 4.45. The fourth-order valence-electron chi connectivity index (χ4n) is 2.04. The van der Waals surface area contributed by atoms with E-state index < -0.39 is 10.0 Å². The lowest BCUT2D eigenvalue weighted by atomic mass is 10.3. The van der Waals surface area contributed by atoms with Gasteiger partial charge in [0.1, 0.15) is 4.90 Å². The molecule has 6 nitrogen and oxygen atoms in total. The topological polar surface area (TPSA) is 76.7 Å². The van der Waals surface area contributed by atoms with E-state index in [0.29, 0.717) is 25.5 Å². The fraction of sp³-hybridized carbons (Fsp3) is 0.571. The Hall–Kier alpha value is -1.15. The zero-order valence-electron chi connectivity index (χ0n) is 12.2. The molecule has 2 N–H and O–H groups in total. The molecule has 1 aliphatic rings. The second kappa shape index (κ2) is 7.74. The molecule has 0 aromatic heterocycles. The van der Waals surface area contributed by atoms with Crippen LogP contribution in [-0.2, 0) is 19.5 Å². The maximum atomic E-state index is 12.4. The second-order valence-corrected chi connectivity index (χ2v) is 6.58. The third kappa shape index (κ3) is 4.67. The van der Waals surface area contributed by atoms with Crippen LogP contribution in [0.1, 0.15) is 13.3 Å². The Bertz CT molecular complexity index is 542. The Morgan fingerprint density at radius 1 is 1.29 bits per heavy atom. The maximum absolute atomic E-state index is 12.4. The molecule has 1 aromatic carbocycles. The van der Waals surface area contributed by atoms with Crippen LogP contribution in [0.4, 0.5) is 5.69 Å². The standard InChI is InChI=1S/C14H22N2O4S/c1-2-7-15-13-5-3-4-6-14(13)21(17,18)16-10-12-11-19-8-9-20-12/h3-6,12,15-16H,2,7-11H2,1H3. The Balaban J connectivity index is 2.04. The third-order valence-corrected chi connectivity index (χ3v) is 4.61. The zero-order chi connectivity index (χ0) is 15.1. The minimum absolute atomic E-state index is 0.213. The summed E-state index contributed by atoms with van der Waals surface area (Å²) in [5.74, 6) is 0. The van der Waals surface area contributed by atoms with Gasteiger partial charge in [0.25, 0.3) is 0 Å². The van der Waals surface area contributed by atoms with Crippen molar-refractivity contribution in [3.05, 3.63) is 24.3 Å². The van der Waals surface area contributed by atoms with Crippen molar-refractivity contribution in [2.24, 2.45) is 0 Å². The minimum atomic E-state index is -3.57. The van der Waals surface area contributed by atoms with Crippen LogP contribution in [0, 0.1) is 0 Å². The van der Waals surface area contributed by atoms with E-state index in [1.807, 2.05) is 13.0 Å². The van der Waals surface area contributed by atoms with Crippen molar-refractivity contribution in [1.29, 1.82) is 0 Å². The minimum Gasteiger partial charge on any atom is -0.384 e. The Labute approximate surface area is 125 Å². The predicted molar refractivity (Wildman–Crippen MR) is 81.0 cm³/mol. The normalized spacial score (nSPS) is 19.4. The van der Waals surface area contributed by atoms with Gasteiger partial charge < -0.3 is 14.8 Å². The molecule has 0 aliphatic carbocycles. The molecule has 1 unspecified atom stereocenters. The van der Waals surface area contributed by atoms with Gasteiger partial charge in [-0.3, -0.25) is 0 Å². The van der Waals surface area contributed by atoms with Crippen molar-refractivity contribution < 1.29 is 17.9 Å². The van der Waals surface area contributed by atoms with E-state index in [0.717, 1.165) is 13.0 Å². The number of benzene rings is 1. The molecule has 1 saturated heterocycles. The van der Waals surface area contributed by atoms with Gasteiger partial charge in [-0.1, -0.05) is 19.1 Å². The maximum Gasteiger partial charge on any atom is 0.242 e. The molecule has 1 atom stereocenters. The van der Waals surface area contributed by atoms with Gasteiger partial charge in [0.15, 0.2) is 0 Å². The molecule has 0 radical (unpaired) electrons. The molecule has 118 valence electrons. The Morgan fingerprint density at radius 2 is 2.10 bits per heavy atom. The lowest BCUT2D eigenvalue weighted by Crippen LogP contribution is -2.39. The Morgan fingerprint density at radius 3 is 2.81 bits per heavy atom. The second-order valence-electron chi connectivity index (χ2n) is 4.84. The molecular formula is C14H22N2O4S. The van der Waals surface area contributed by atoms with Gasteiger partial charge >= 0.3 is 0 Å². The van der Waals surface area contributed by atoms with Crippen molar-refractivity contribution in [2.75, 3.05) is 38.2 Å². The molecule has 1 fully saturated rings. The number of para-hydroxylation sites is 1. The predicted octanol–water partition coefficient (Wildman–Crippen LogP) is 1.20. The van der Waals surface area contributed by atoms with Crippen molar-refractivity contribution in [3.8, 4) is 0 Å². The molecule has 7 heteroatoms. The number of sulfonamides is 1. The number of nitrogens with one attached hydrogen (secondary N) is 2. The summed E-state index contributed by atoms with van der Waals surface area (Å²) in [4.78, 5) is 0.259. The smallest absolute Gasteiger partial charge is 0.242 e. The van der Waals surface area contributed by atoms with Gasteiger partial charge in [-0.15, -0.1) is 0 Å². The third-order valence-electron chi connectivity index (χ3n) is 3.13. The van der Waals surface area contributed by atoms with E-state index in [1.54, 1.807) is 18.2 Å². The van der Waals surface area contributed by atoms with Crippen LogP contribution in [0.2, 0.25) is 0 Å². The first-order valence-electron chi connectivity index (χ1n) is 7.15. The summed E-state index contributed by atoms with van der Waals surface area (Å²) in [5, 5.41) is 3.13. The highest BCUT2D eigenvalue weighted by Gasteiger charge is 2.21. The van der Waals surface area contributed by atoms with Crippen LogP contribution >= 0.6 is 0 Å². The summed E-state index contributed by atoms with van der Waals surface area (Å²) < 4.78 is 38.1. The number of hydrogen-bond acceptors (Lipinski definition) is 5. The SMILES string of the molecule is CCCNc1ccccc1S(=O)(=O)NCC1COCCO1. The van der Waals surface area contributed by atoms with E-state index in [1.165, 1.54) is 0 Å². The number of rotatable bonds is 7. The van der Waals surface area contributed by atoms with Gasteiger partial charge in [0, 0.05) is 13.1 Å². The number of anilines is 1. The van der Waals surface area contributed by atoms with Crippen LogP contribution in [0.15, 0.2) is 29.2 Å². The molecule has 2 rings (SSSR count). The van der Waals surface area contributed by atoms with Crippen molar-refractivity contribution in [1.82, 2.24) is 4.72 Å². The molecule has 0 bridgehead atoms. The van der Waals surface area contributed by atoms with Crippen LogP contribution < -0.4 is 10.0 Å². The van der Waals surface area contributed by atoms with Crippen molar-refractivity contribution in [2.45, 2.75) is 24.3 Å². The molecule has 1 aromatic rings. The van der Waals surface area contributed by atoms with Gasteiger partial charge in [-0.2, -0.15) is 0 Å². The lowest BCUT2D eigenvalue weighted by Gasteiger charge is -2.23. The average Bonchev–Trinajstić information content (AvgIpc) is 2.52. The highest BCUT2D eigenvalue weighted by Crippen LogP contribution is 2.20. The molecule has 1 aliphatic heterocycles. The van der Waals surface area contributed by atoms with Crippen LogP contribution in [0.25, 0.3) is 0 Å². The zero-order valence-corrected chi connectivity index (χ0v) is 13.0. The Kier molecular flexibility index (Phi) is 5.98. The largest absolute Gasteiger partial charge is 0.384 e. The molecule has 0 spiro atoms. The average molecular weight is 314 g/mol. The van der Waals surface area contributed by atoms with Crippen LogP contribution in [-0.4, -0.2) is 47.4 Å². The quantitative estimate of drug-likeness (QED) is 0.791. The molecule has 0 amide bonds. The van der Waals surface area contributed by atoms with Gasteiger partial charge in [0.2, 0.25) is 10.0 Å². The van der Waals surface area contributed by atoms with E-state index >= 15 is 0 Å². The summed E-state index contributed by atoms with van der Waals surface area (Å²) in [5.41, 5.74) is 0.618. The highest BCUT2D eigenvalue weighted by atomic mass is 32.2. The van der Waals surface area contributed by atoms with Crippen molar-refractivity contribution in [3.63, 3.8) is 0 Å². The van der Waals surface area contributed by atoms with E-state index in [4.69, 9.17) is 9.47 Å². The summed E-state index contributed by atoms with van der Waals surface area (Å²) in [6, 6.07) is 6.89. The van der Waals surface area contributed by atoms with Gasteiger partial charge in [0.05, 0.1) is 31.6 Å². The molecule has 1 heterocycles. The van der Waals surface area contributed by atoms with E-state index in [9.17, 15) is 8.42 Å². The number of hydrogen-bond donors (Lipinski definition) is 2. The van der Waals surface area contributed by atoms with Gasteiger partial charge in [-0.25, -0.2) is 13.1 Å². The molecule has 21 heavy (non-hydrogen) atoms. The van der Waals surface area contributed by atoms with E-state index in [2.05, 4.69) is 10.0 Å². The summed E-state index contributed by atoms with van der Waals surface area (Å²) in [6.07, 6.45) is 0.694. The van der Waals surface area contributed by atoms with E-state index in [-0.39, 0.29) is 17.5 Å².